The van der Waals surface area contributed by atoms with E-state index >= 15 is 0 Å². The molecule has 134 valence electrons. The second-order valence-corrected chi connectivity index (χ2v) is 7.92. The van der Waals surface area contributed by atoms with Gasteiger partial charge in [-0.05, 0) is 49.2 Å². The first-order valence-corrected chi connectivity index (χ1v) is 9.69. The van der Waals surface area contributed by atoms with Crippen LogP contribution in [0.1, 0.15) is 36.8 Å². The second kappa shape index (κ2) is 6.15. The summed E-state index contributed by atoms with van der Waals surface area (Å²) in [6.07, 6.45) is 4.57. The van der Waals surface area contributed by atoms with Gasteiger partial charge in [-0.15, -0.1) is 0 Å². The standard InChI is InChI=1S/C20H18Cl2N2O2/c21-15-9-5-13(6-10-15)19-23-26-20(14-7-11-16(22)12-8-14)17-3-1-2-4-18(17)25-24(19)20/h5-12,17-18H,1-4H2/t17-,18+,20?/m1/s1. The van der Waals surface area contributed by atoms with Crippen LogP contribution in [0.25, 0.3) is 0 Å². The molecule has 2 aromatic carbocycles. The molecule has 1 aliphatic carbocycles. The maximum Gasteiger partial charge on any atom is 0.265 e. The monoisotopic (exact) mass is 388 g/mol. The van der Waals surface area contributed by atoms with Gasteiger partial charge in [0.2, 0.25) is 5.84 Å². The van der Waals surface area contributed by atoms with Crippen molar-refractivity contribution < 1.29 is 9.68 Å². The molecule has 1 saturated heterocycles. The minimum Gasteiger partial charge on any atom is -0.357 e. The van der Waals surface area contributed by atoms with E-state index in [0.717, 1.165) is 24.0 Å². The van der Waals surface area contributed by atoms with Crippen LogP contribution < -0.4 is 0 Å². The lowest BCUT2D eigenvalue weighted by molar-refractivity contribution is -0.204. The van der Waals surface area contributed by atoms with E-state index in [9.17, 15) is 0 Å². The van der Waals surface area contributed by atoms with E-state index < -0.39 is 5.72 Å². The molecule has 1 saturated carbocycles. The Kier molecular flexibility index (Phi) is 3.89. The first-order valence-electron chi connectivity index (χ1n) is 8.93. The summed E-state index contributed by atoms with van der Waals surface area (Å²) in [4.78, 5) is 12.6. The van der Waals surface area contributed by atoms with Crippen LogP contribution in [-0.2, 0) is 15.4 Å². The summed E-state index contributed by atoms with van der Waals surface area (Å²) in [6.45, 7) is 0. The van der Waals surface area contributed by atoms with Gasteiger partial charge in [0.1, 0.15) is 0 Å². The summed E-state index contributed by atoms with van der Waals surface area (Å²) in [5.41, 5.74) is 1.21. The summed E-state index contributed by atoms with van der Waals surface area (Å²) in [5.74, 6) is 0.914. The topological polar surface area (TPSA) is 34.1 Å². The molecule has 1 unspecified atom stereocenters. The van der Waals surface area contributed by atoms with Gasteiger partial charge in [-0.2, -0.15) is 5.06 Å². The number of fused-ring (bicyclic) bond motifs is 3. The zero-order chi connectivity index (χ0) is 17.7. The Balaban J connectivity index is 1.60. The van der Waals surface area contributed by atoms with Crippen molar-refractivity contribution in [2.75, 3.05) is 0 Å². The molecule has 2 fully saturated rings. The maximum atomic E-state index is 6.39. The second-order valence-electron chi connectivity index (χ2n) is 7.05. The molecule has 6 heteroatoms. The number of rotatable bonds is 2. The number of benzene rings is 2. The van der Waals surface area contributed by atoms with Gasteiger partial charge in [-0.3, -0.25) is 4.84 Å². The van der Waals surface area contributed by atoms with Crippen LogP contribution in [0.5, 0.6) is 0 Å². The molecule has 0 amide bonds. The van der Waals surface area contributed by atoms with Gasteiger partial charge in [0.25, 0.3) is 5.72 Å². The van der Waals surface area contributed by atoms with Gasteiger partial charge < -0.3 is 4.84 Å². The highest BCUT2D eigenvalue weighted by molar-refractivity contribution is 6.30. The lowest BCUT2D eigenvalue weighted by Gasteiger charge is -2.34. The molecule has 26 heavy (non-hydrogen) atoms. The van der Waals surface area contributed by atoms with E-state index in [0.29, 0.717) is 15.9 Å². The van der Waals surface area contributed by atoms with Crippen LogP contribution >= 0.6 is 23.2 Å². The van der Waals surface area contributed by atoms with E-state index in [2.05, 4.69) is 5.16 Å². The van der Waals surface area contributed by atoms with E-state index in [1.54, 1.807) is 0 Å². The number of hydrogen-bond donors (Lipinski definition) is 0. The van der Waals surface area contributed by atoms with Gasteiger partial charge in [-0.25, -0.2) is 0 Å². The predicted octanol–water partition coefficient (Wildman–Crippen LogP) is 5.34. The smallest absolute Gasteiger partial charge is 0.265 e. The Morgan fingerprint density at radius 1 is 0.923 bits per heavy atom. The fraction of sp³-hybridized carbons (Fsp3) is 0.350. The Morgan fingerprint density at radius 2 is 1.58 bits per heavy atom. The summed E-state index contributed by atoms with van der Waals surface area (Å²) in [7, 11) is 0. The van der Waals surface area contributed by atoms with Crippen molar-refractivity contribution in [2.24, 2.45) is 11.1 Å². The van der Waals surface area contributed by atoms with Gasteiger partial charge in [-0.1, -0.05) is 53.3 Å². The third kappa shape index (κ3) is 2.36. The van der Waals surface area contributed by atoms with Crippen molar-refractivity contribution >= 4 is 29.0 Å². The largest absolute Gasteiger partial charge is 0.357 e. The molecule has 0 N–H and O–H groups in total. The van der Waals surface area contributed by atoms with Gasteiger partial charge >= 0.3 is 0 Å². The summed E-state index contributed by atoms with van der Waals surface area (Å²) in [6, 6.07) is 15.4. The fourth-order valence-electron chi connectivity index (χ4n) is 4.34. The van der Waals surface area contributed by atoms with Crippen molar-refractivity contribution in [3.63, 3.8) is 0 Å². The van der Waals surface area contributed by atoms with E-state index in [1.807, 2.05) is 53.6 Å². The minimum atomic E-state index is -0.732. The zero-order valence-electron chi connectivity index (χ0n) is 14.1. The molecule has 3 aliphatic rings. The quantitative estimate of drug-likeness (QED) is 0.695. The molecular formula is C20H18Cl2N2O2. The third-order valence-corrected chi connectivity index (χ3v) is 6.08. The van der Waals surface area contributed by atoms with E-state index in [4.69, 9.17) is 32.9 Å². The molecule has 2 heterocycles. The summed E-state index contributed by atoms with van der Waals surface area (Å²) < 4.78 is 0. The lowest BCUT2D eigenvalue weighted by Crippen LogP contribution is -2.45. The van der Waals surface area contributed by atoms with Gasteiger partial charge in [0.15, 0.2) is 0 Å². The Bertz CT molecular complexity index is 853. The highest BCUT2D eigenvalue weighted by atomic mass is 35.5. The summed E-state index contributed by atoms with van der Waals surface area (Å²) >= 11 is 12.1. The Labute approximate surface area is 162 Å². The van der Waals surface area contributed by atoms with Crippen molar-refractivity contribution in [2.45, 2.75) is 37.5 Å². The van der Waals surface area contributed by atoms with Crippen LogP contribution in [0, 0.1) is 5.92 Å². The molecule has 2 aromatic rings. The van der Waals surface area contributed by atoms with Crippen LogP contribution in [0.3, 0.4) is 0 Å². The van der Waals surface area contributed by atoms with E-state index in [1.165, 1.54) is 12.8 Å². The van der Waals surface area contributed by atoms with Gasteiger partial charge in [0.05, 0.1) is 12.0 Å². The predicted molar refractivity (Wildman–Crippen MR) is 101 cm³/mol. The number of oxime groups is 1. The number of amidine groups is 1. The average molecular weight is 389 g/mol. The fourth-order valence-corrected chi connectivity index (χ4v) is 4.59. The molecule has 5 rings (SSSR count). The van der Waals surface area contributed by atoms with Crippen LogP contribution in [-0.4, -0.2) is 17.0 Å². The number of hydrogen-bond acceptors (Lipinski definition) is 4. The lowest BCUT2D eigenvalue weighted by atomic mass is 9.77. The van der Waals surface area contributed by atoms with Crippen LogP contribution in [0.4, 0.5) is 0 Å². The first-order chi connectivity index (χ1) is 12.7. The molecule has 3 atom stereocenters. The first kappa shape index (κ1) is 16.4. The Morgan fingerprint density at radius 3 is 2.31 bits per heavy atom. The van der Waals surface area contributed by atoms with Crippen molar-refractivity contribution in [3.8, 4) is 0 Å². The molecular weight excluding hydrogens is 371 g/mol. The normalized spacial score (nSPS) is 29.8. The van der Waals surface area contributed by atoms with Gasteiger partial charge in [0, 0.05) is 21.2 Å². The average Bonchev–Trinajstić information content (AvgIpc) is 3.18. The molecule has 2 aliphatic heterocycles. The Hall–Kier alpha value is -1.75. The minimum absolute atomic E-state index is 0.136. The van der Waals surface area contributed by atoms with Crippen molar-refractivity contribution in [1.29, 1.82) is 0 Å². The maximum absolute atomic E-state index is 6.39. The SMILES string of the molecule is Clc1ccc(C2=NOC3(c4ccc(Cl)cc4)[C@@H]4CCCC[C@@H]4ON23)cc1. The number of halogens is 2. The third-order valence-electron chi connectivity index (χ3n) is 5.57. The molecule has 0 bridgehead atoms. The van der Waals surface area contributed by atoms with Crippen molar-refractivity contribution in [1.82, 2.24) is 5.06 Å². The van der Waals surface area contributed by atoms with E-state index in [-0.39, 0.29) is 12.0 Å². The number of hydroxylamine groups is 2. The summed E-state index contributed by atoms with van der Waals surface area (Å²) in [5, 5.41) is 7.69. The van der Waals surface area contributed by atoms with Crippen molar-refractivity contribution in [3.05, 3.63) is 69.7 Å². The molecule has 0 spiro atoms. The zero-order valence-corrected chi connectivity index (χ0v) is 15.6. The highest BCUT2D eigenvalue weighted by Crippen LogP contribution is 2.54. The molecule has 0 aromatic heterocycles. The number of nitrogens with zero attached hydrogens (tertiary/aromatic N) is 2. The molecule has 0 radical (unpaired) electrons. The van der Waals surface area contributed by atoms with Crippen LogP contribution in [0.15, 0.2) is 53.7 Å². The van der Waals surface area contributed by atoms with Crippen LogP contribution in [0.2, 0.25) is 10.0 Å². The molecule has 4 nitrogen and oxygen atoms in total. The highest BCUT2D eigenvalue weighted by Gasteiger charge is 2.63.